The van der Waals surface area contributed by atoms with E-state index >= 15 is 0 Å². The third-order valence-corrected chi connectivity index (χ3v) is 6.35. The highest BCUT2D eigenvalue weighted by Crippen LogP contribution is 2.44. The highest BCUT2D eigenvalue weighted by Gasteiger charge is 2.49. The van der Waals surface area contributed by atoms with Crippen LogP contribution in [0, 0.1) is 13.8 Å². The van der Waals surface area contributed by atoms with Crippen LogP contribution in [0.1, 0.15) is 60.9 Å². The first-order valence-corrected chi connectivity index (χ1v) is 11.0. The number of carbonyl (C=O) groups excluding carboxylic acids is 2. The lowest BCUT2D eigenvalue weighted by Gasteiger charge is -2.31. The van der Waals surface area contributed by atoms with Crippen molar-refractivity contribution in [3.05, 3.63) is 70.3 Å². The van der Waals surface area contributed by atoms with Crippen molar-refractivity contribution >= 4 is 17.4 Å². The quantitative estimate of drug-likeness (QED) is 0.418. The molecule has 0 radical (unpaired) electrons. The summed E-state index contributed by atoms with van der Waals surface area (Å²) in [4.78, 5) is 28.1. The van der Waals surface area contributed by atoms with Crippen LogP contribution >= 0.6 is 0 Å². The molecule has 0 bridgehead atoms. The van der Waals surface area contributed by atoms with Gasteiger partial charge in [-0.2, -0.15) is 0 Å². The summed E-state index contributed by atoms with van der Waals surface area (Å²) in [5, 5.41) is 11.3. The minimum atomic E-state index is -0.607. The lowest BCUT2D eigenvalue weighted by Crippen LogP contribution is -2.37. The van der Waals surface area contributed by atoms with Gasteiger partial charge in [0, 0.05) is 11.6 Å². The first-order chi connectivity index (χ1) is 14.9. The molecule has 0 spiro atoms. The number of benzene rings is 2. The van der Waals surface area contributed by atoms with E-state index in [9.17, 15) is 14.7 Å². The fraction of sp³-hybridized carbons (Fsp3) is 0.385. The highest BCUT2D eigenvalue weighted by atomic mass is 16.5. The predicted octanol–water partition coefficient (Wildman–Crippen LogP) is 5.07. The molecule has 1 amide bonds. The van der Waals surface area contributed by atoms with Gasteiger partial charge in [0.1, 0.15) is 11.5 Å². The number of likely N-dealkylation sites (tertiary alicyclic amines) is 1. The molecule has 4 rings (SSSR count). The van der Waals surface area contributed by atoms with Gasteiger partial charge in [0.05, 0.1) is 18.2 Å². The van der Waals surface area contributed by atoms with Crippen LogP contribution in [0.4, 0.5) is 0 Å². The summed E-state index contributed by atoms with van der Waals surface area (Å²) < 4.78 is 5.56. The number of ether oxygens (including phenoxy) is 1. The van der Waals surface area contributed by atoms with E-state index < -0.39 is 17.7 Å². The zero-order valence-electron chi connectivity index (χ0n) is 18.4. The Bertz CT molecular complexity index is 1030. The lowest BCUT2D eigenvalue weighted by atomic mass is 9.93. The molecule has 2 aromatic rings. The smallest absolute Gasteiger partial charge is 0.295 e. The Kier molecular flexibility index (Phi) is 5.86. The van der Waals surface area contributed by atoms with E-state index in [1.54, 1.807) is 4.90 Å². The number of hydrogen-bond acceptors (Lipinski definition) is 4. The Morgan fingerprint density at radius 1 is 1.06 bits per heavy atom. The van der Waals surface area contributed by atoms with Gasteiger partial charge < -0.3 is 14.7 Å². The van der Waals surface area contributed by atoms with E-state index in [0.717, 1.165) is 48.1 Å². The number of aryl methyl sites for hydroxylation is 2. The Morgan fingerprint density at radius 3 is 2.39 bits per heavy atom. The minimum absolute atomic E-state index is 0.0110. The normalized spacial score (nSPS) is 21.1. The van der Waals surface area contributed by atoms with Gasteiger partial charge in [0.15, 0.2) is 0 Å². The third-order valence-electron chi connectivity index (χ3n) is 6.35. The average molecular weight is 420 g/mol. The summed E-state index contributed by atoms with van der Waals surface area (Å²) in [7, 11) is 0. The Hall–Kier alpha value is -3.08. The fourth-order valence-corrected chi connectivity index (χ4v) is 4.79. The third kappa shape index (κ3) is 3.85. The largest absolute Gasteiger partial charge is 0.507 e. The highest BCUT2D eigenvalue weighted by molar-refractivity contribution is 6.46. The zero-order valence-corrected chi connectivity index (χ0v) is 18.4. The van der Waals surface area contributed by atoms with Crippen LogP contribution in [0.15, 0.2) is 48.0 Å². The number of ketones is 1. The van der Waals surface area contributed by atoms with Gasteiger partial charge in [-0.05, 0) is 62.9 Å². The molecule has 5 nitrogen and oxygen atoms in total. The topological polar surface area (TPSA) is 66.8 Å². The molecule has 1 aliphatic heterocycles. The van der Waals surface area contributed by atoms with Gasteiger partial charge in [0.2, 0.25) is 0 Å². The number of hydrogen-bond donors (Lipinski definition) is 1. The van der Waals surface area contributed by atoms with Crippen LogP contribution in [0.25, 0.3) is 5.76 Å². The molecule has 0 aromatic heterocycles. The van der Waals surface area contributed by atoms with Crippen molar-refractivity contribution in [1.82, 2.24) is 4.90 Å². The molecule has 1 saturated carbocycles. The van der Waals surface area contributed by atoms with Crippen LogP contribution in [-0.2, 0) is 9.59 Å². The Labute approximate surface area is 183 Å². The van der Waals surface area contributed by atoms with Gasteiger partial charge in [-0.1, -0.05) is 42.7 Å². The lowest BCUT2D eigenvalue weighted by molar-refractivity contribution is -0.141. The van der Waals surface area contributed by atoms with Gasteiger partial charge in [-0.15, -0.1) is 0 Å². The summed E-state index contributed by atoms with van der Waals surface area (Å²) >= 11 is 0. The number of aliphatic hydroxyl groups is 1. The monoisotopic (exact) mass is 419 g/mol. The molecule has 2 aromatic carbocycles. The molecular formula is C26H29NO4. The van der Waals surface area contributed by atoms with Gasteiger partial charge in [-0.25, -0.2) is 0 Å². The van der Waals surface area contributed by atoms with Crippen LogP contribution in [0.2, 0.25) is 0 Å². The van der Waals surface area contributed by atoms with Crippen LogP contribution < -0.4 is 4.74 Å². The van der Waals surface area contributed by atoms with E-state index in [4.69, 9.17) is 4.74 Å². The average Bonchev–Trinajstić information content (AvgIpc) is 3.37. The molecule has 1 unspecified atom stereocenters. The summed E-state index contributed by atoms with van der Waals surface area (Å²) in [6, 6.07) is 12.6. The summed E-state index contributed by atoms with van der Waals surface area (Å²) in [5.74, 6) is -0.487. The maximum Gasteiger partial charge on any atom is 0.295 e. The number of amides is 1. The van der Waals surface area contributed by atoms with Crippen molar-refractivity contribution in [3.63, 3.8) is 0 Å². The molecule has 1 saturated heterocycles. The van der Waals surface area contributed by atoms with Gasteiger partial charge in [-0.3, -0.25) is 9.59 Å². The molecule has 1 aliphatic carbocycles. The van der Waals surface area contributed by atoms with E-state index in [1.165, 1.54) is 0 Å². The number of nitrogens with zero attached hydrogens (tertiary/aromatic N) is 1. The van der Waals surface area contributed by atoms with Crippen molar-refractivity contribution in [2.24, 2.45) is 0 Å². The number of aliphatic hydroxyl groups excluding tert-OH is 1. The van der Waals surface area contributed by atoms with E-state index in [1.807, 2.05) is 63.2 Å². The maximum atomic E-state index is 13.2. The maximum absolute atomic E-state index is 13.2. The molecule has 1 N–H and O–H groups in total. The molecule has 2 aliphatic rings. The summed E-state index contributed by atoms with van der Waals surface area (Å²) in [6.45, 7) is 6.32. The summed E-state index contributed by atoms with van der Waals surface area (Å²) in [6.07, 6.45) is 3.84. The van der Waals surface area contributed by atoms with Crippen LogP contribution in [0.3, 0.4) is 0 Å². The molecule has 31 heavy (non-hydrogen) atoms. The second kappa shape index (κ2) is 8.58. The number of Topliss-reactive ketones (excluding diaryl/α,β-unsaturated/α-hetero) is 1. The van der Waals surface area contributed by atoms with Gasteiger partial charge in [0.25, 0.3) is 11.7 Å². The van der Waals surface area contributed by atoms with E-state index in [0.29, 0.717) is 12.2 Å². The molecule has 1 heterocycles. The summed E-state index contributed by atoms with van der Waals surface area (Å²) in [5.41, 5.74) is 3.42. The SMILES string of the molecule is CCOc1ccc(C2/C(=C(\O)c3cc(C)ccc3C)C(=O)C(=O)N2C2CCCC2)cc1. The van der Waals surface area contributed by atoms with Crippen molar-refractivity contribution in [2.45, 2.75) is 58.5 Å². The van der Waals surface area contributed by atoms with E-state index in [-0.39, 0.29) is 17.4 Å². The molecule has 1 atom stereocenters. The fourth-order valence-electron chi connectivity index (χ4n) is 4.79. The second-order valence-electron chi connectivity index (χ2n) is 8.47. The number of carbonyl (C=O) groups is 2. The second-order valence-corrected chi connectivity index (χ2v) is 8.47. The molecule has 162 valence electrons. The van der Waals surface area contributed by atoms with Gasteiger partial charge >= 0.3 is 0 Å². The Morgan fingerprint density at radius 2 is 1.74 bits per heavy atom. The Balaban J connectivity index is 1.87. The van der Waals surface area contributed by atoms with Crippen LogP contribution in [0.5, 0.6) is 5.75 Å². The van der Waals surface area contributed by atoms with Crippen molar-refractivity contribution in [2.75, 3.05) is 6.61 Å². The predicted molar refractivity (Wildman–Crippen MR) is 120 cm³/mol. The molecular weight excluding hydrogens is 390 g/mol. The standard InChI is InChI=1S/C26H29NO4/c1-4-31-20-13-11-18(12-14-20)23-22(24(28)21-15-16(2)9-10-17(21)3)25(29)26(30)27(23)19-7-5-6-8-19/h9-15,19,23,28H,4-8H2,1-3H3/b24-22+. The van der Waals surface area contributed by atoms with E-state index in [2.05, 4.69) is 0 Å². The first-order valence-electron chi connectivity index (χ1n) is 11.0. The number of rotatable bonds is 5. The zero-order chi connectivity index (χ0) is 22.1. The van der Waals surface area contributed by atoms with Crippen molar-refractivity contribution in [3.8, 4) is 5.75 Å². The van der Waals surface area contributed by atoms with Crippen LogP contribution in [-0.4, -0.2) is 34.3 Å². The molecule has 5 heteroatoms. The van der Waals surface area contributed by atoms with Crippen molar-refractivity contribution in [1.29, 1.82) is 0 Å². The first kappa shape index (κ1) is 21.2. The minimum Gasteiger partial charge on any atom is -0.507 e. The van der Waals surface area contributed by atoms with Crippen molar-refractivity contribution < 1.29 is 19.4 Å². The molecule has 2 fully saturated rings.